The predicted octanol–water partition coefficient (Wildman–Crippen LogP) is -0.822. The molecule has 0 aliphatic heterocycles. The van der Waals surface area contributed by atoms with Crippen molar-refractivity contribution in [2.24, 2.45) is 0 Å². The van der Waals surface area contributed by atoms with E-state index in [1.165, 1.54) is 6.33 Å². The summed E-state index contributed by atoms with van der Waals surface area (Å²) in [7, 11) is 0. The lowest BCUT2D eigenvalue weighted by molar-refractivity contribution is -0.0450. The van der Waals surface area contributed by atoms with Gasteiger partial charge in [-0.1, -0.05) is 0 Å². The van der Waals surface area contributed by atoms with Gasteiger partial charge in [0.05, 0.1) is 6.33 Å². The highest BCUT2D eigenvalue weighted by atomic mass is 16.5. The summed E-state index contributed by atoms with van der Waals surface area (Å²) in [5.41, 5.74) is 6.75. The molecule has 0 atom stereocenters. The van der Waals surface area contributed by atoms with Gasteiger partial charge in [-0.25, -0.2) is 15.0 Å². The fourth-order valence-electron chi connectivity index (χ4n) is 1.27. The van der Waals surface area contributed by atoms with Gasteiger partial charge in [0.1, 0.15) is 11.3 Å². The van der Waals surface area contributed by atoms with Crippen molar-refractivity contribution in [2.45, 2.75) is 19.1 Å². The number of hydrogen-bond acceptors (Lipinski definition) is 6. The molecule has 0 spiro atoms. The number of H-pyrrole nitrogens is 1. The molecule has 0 unspecified atom stereocenters. The summed E-state index contributed by atoms with van der Waals surface area (Å²) >= 11 is 0. The van der Waals surface area contributed by atoms with Crippen molar-refractivity contribution in [3.05, 3.63) is 12.2 Å². The van der Waals surface area contributed by atoms with Crippen LogP contribution >= 0.6 is 0 Å². The molecule has 2 heterocycles. The normalized spacial score (nSPS) is 11.4. The van der Waals surface area contributed by atoms with Crippen LogP contribution in [0.3, 0.4) is 0 Å². The molecule has 5 N–H and O–H groups in total. The van der Waals surface area contributed by atoms with Crippen LogP contribution in [0.15, 0.2) is 6.33 Å². The van der Waals surface area contributed by atoms with E-state index in [2.05, 4.69) is 19.9 Å². The van der Waals surface area contributed by atoms with Gasteiger partial charge < -0.3 is 20.9 Å². The zero-order valence-corrected chi connectivity index (χ0v) is 7.88. The number of aryl methyl sites for hydroxylation is 1. The molecule has 0 radical (unpaired) electrons. The minimum absolute atomic E-state index is 0.176. The summed E-state index contributed by atoms with van der Waals surface area (Å²) in [5.74, 6) is 0.778. The monoisotopic (exact) mass is 209 g/mol. The second-order valence-corrected chi connectivity index (χ2v) is 3.15. The molecule has 0 saturated heterocycles. The standard InChI is InChI=1S/C8H11N5O2/c9-7-6-8(11-3-10-6)13-4(12-7)1-2-5(14)15/h3,5,14-15H,1-2H2,(H3,9,10,11,12,13). The molecule has 2 rings (SSSR count). The summed E-state index contributed by atoms with van der Waals surface area (Å²) in [6.45, 7) is 0. The summed E-state index contributed by atoms with van der Waals surface area (Å²) < 4.78 is 0. The molecule has 0 aliphatic rings. The van der Waals surface area contributed by atoms with Crippen LogP contribution in [-0.4, -0.2) is 36.4 Å². The predicted molar refractivity (Wildman–Crippen MR) is 52.6 cm³/mol. The van der Waals surface area contributed by atoms with E-state index in [0.29, 0.717) is 29.2 Å². The molecule has 15 heavy (non-hydrogen) atoms. The number of imidazole rings is 1. The topological polar surface area (TPSA) is 121 Å². The molecule has 0 bridgehead atoms. The number of anilines is 1. The first kappa shape index (κ1) is 9.81. The Morgan fingerprint density at radius 2 is 2.20 bits per heavy atom. The first-order valence-electron chi connectivity index (χ1n) is 4.48. The van der Waals surface area contributed by atoms with Crippen molar-refractivity contribution < 1.29 is 10.2 Å². The van der Waals surface area contributed by atoms with Crippen molar-refractivity contribution in [3.8, 4) is 0 Å². The maximum Gasteiger partial charge on any atom is 0.183 e. The average molecular weight is 209 g/mol. The lowest BCUT2D eigenvalue weighted by Crippen LogP contribution is -2.08. The van der Waals surface area contributed by atoms with Crippen molar-refractivity contribution in [1.82, 2.24) is 19.9 Å². The number of nitrogens with one attached hydrogen (secondary N) is 1. The number of nitrogens with two attached hydrogens (primary N) is 1. The van der Waals surface area contributed by atoms with Crippen molar-refractivity contribution in [3.63, 3.8) is 0 Å². The van der Waals surface area contributed by atoms with Crippen molar-refractivity contribution in [1.29, 1.82) is 0 Å². The van der Waals surface area contributed by atoms with Crippen LogP contribution in [-0.2, 0) is 6.42 Å². The quantitative estimate of drug-likeness (QED) is 0.490. The molecule has 0 aromatic carbocycles. The van der Waals surface area contributed by atoms with Crippen molar-refractivity contribution in [2.75, 3.05) is 5.73 Å². The Morgan fingerprint density at radius 3 is 2.93 bits per heavy atom. The third kappa shape index (κ3) is 2.03. The minimum atomic E-state index is -1.36. The van der Waals surface area contributed by atoms with Gasteiger partial charge >= 0.3 is 0 Å². The number of aliphatic hydroxyl groups excluding tert-OH is 1. The summed E-state index contributed by atoms with van der Waals surface area (Å²) in [6, 6.07) is 0. The molecule has 7 heteroatoms. The molecule has 0 fully saturated rings. The van der Waals surface area contributed by atoms with Gasteiger partial charge in [-0.15, -0.1) is 0 Å². The number of rotatable bonds is 3. The Labute approximate surface area is 85.0 Å². The van der Waals surface area contributed by atoms with E-state index in [9.17, 15) is 0 Å². The van der Waals surface area contributed by atoms with Gasteiger partial charge in [0.15, 0.2) is 17.8 Å². The Balaban J connectivity index is 2.28. The zero-order chi connectivity index (χ0) is 10.8. The summed E-state index contributed by atoms with van der Waals surface area (Å²) in [4.78, 5) is 14.9. The third-order valence-electron chi connectivity index (χ3n) is 1.99. The molecule has 80 valence electrons. The number of aromatic nitrogens is 4. The van der Waals surface area contributed by atoms with Gasteiger partial charge in [-0.2, -0.15) is 0 Å². The van der Waals surface area contributed by atoms with Crippen LogP contribution in [0.1, 0.15) is 12.2 Å². The maximum absolute atomic E-state index is 8.70. The molecular formula is C8H11N5O2. The van der Waals surface area contributed by atoms with E-state index in [4.69, 9.17) is 15.9 Å². The number of hydrogen-bond donors (Lipinski definition) is 4. The van der Waals surface area contributed by atoms with E-state index in [0.717, 1.165) is 0 Å². The summed E-state index contributed by atoms with van der Waals surface area (Å²) in [6.07, 6.45) is 0.658. The second kappa shape index (κ2) is 3.79. The Kier molecular flexibility index (Phi) is 2.48. The van der Waals surface area contributed by atoms with Crippen LogP contribution in [0.4, 0.5) is 5.82 Å². The fourth-order valence-corrected chi connectivity index (χ4v) is 1.27. The van der Waals surface area contributed by atoms with Crippen LogP contribution in [0.5, 0.6) is 0 Å². The Bertz CT molecular complexity index is 467. The van der Waals surface area contributed by atoms with Crippen molar-refractivity contribution >= 4 is 17.0 Å². The van der Waals surface area contributed by atoms with E-state index in [1.54, 1.807) is 0 Å². The molecule has 0 aliphatic carbocycles. The highest BCUT2D eigenvalue weighted by Gasteiger charge is 2.08. The SMILES string of the molecule is Nc1nc(CCC(O)O)nc2nc[nH]c12. The number of aliphatic hydroxyl groups is 2. The van der Waals surface area contributed by atoms with Crippen LogP contribution in [0.2, 0.25) is 0 Å². The van der Waals surface area contributed by atoms with Gasteiger partial charge in [-0.05, 0) is 0 Å². The largest absolute Gasteiger partial charge is 0.382 e. The summed E-state index contributed by atoms with van der Waals surface area (Å²) in [5, 5.41) is 17.4. The molecule has 7 nitrogen and oxygen atoms in total. The first-order chi connectivity index (χ1) is 7.16. The lowest BCUT2D eigenvalue weighted by Gasteiger charge is -2.03. The average Bonchev–Trinajstić information content (AvgIpc) is 2.63. The van der Waals surface area contributed by atoms with Crippen LogP contribution in [0.25, 0.3) is 11.2 Å². The van der Waals surface area contributed by atoms with E-state index in [1.807, 2.05) is 0 Å². The van der Waals surface area contributed by atoms with E-state index >= 15 is 0 Å². The van der Waals surface area contributed by atoms with Gasteiger partial charge in [0.25, 0.3) is 0 Å². The first-order valence-corrected chi connectivity index (χ1v) is 4.48. The smallest absolute Gasteiger partial charge is 0.183 e. The fraction of sp³-hybridized carbons (Fsp3) is 0.375. The number of nitrogens with zero attached hydrogens (tertiary/aromatic N) is 3. The Hall–Kier alpha value is -1.73. The van der Waals surface area contributed by atoms with Gasteiger partial charge in [0, 0.05) is 12.8 Å². The Morgan fingerprint density at radius 1 is 1.40 bits per heavy atom. The number of nitrogen functional groups attached to an aromatic ring is 1. The second-order valence-electron chi connectivity index (χ2n) is 3.15. The minimum Gasteiger partial charge on any atom is -0.382 e. The number of aromatic amines is 1. The highest BCUT2D eigenvalue weighted by Crippen LogP contribution is 2.13. The third-order valence-corrected chi connectivity index (χ3v) is 1.99. The molecule has 2 aromatic heterocycles. The van der Waals surface area contributed by atoms with E-state index < -0.39 is 6.29 Å². The van der Waals surface area contributed by atoms with Gasteiger partial charge in [-0.3, -0.25) is 0 Å². The molecule has 2 aromatic rings. The molecular weight excluding hydrogens is 198 g/mol. The number of fused-ring (bicyclic) bond motifs is 1. The molecule has 0 saturated carbocycles. The van der Waals surface area contributed by atoms with Crippen LogP contribution in [0, 0.1) is 0 Å². The molecule has 0 amide bonds. The van der Waals surface area contributed by atoms with Crippen LogP contribution < -0.4 is 5.73 Å². The maximum atomic E-state index is 8.70. The highest BCUT2D eigenvalue weighted by molar-refractivity contribution is 5.80. The van der Waals surface area contributed by atoms with E-state index in [-0.39, 0.29) is 6.42 Å². The van der Waals surface area contributed by atoms with Gasteiger partial charge in [0.2, 0.25) is 0 Å². The zero-order valence-electron chi connectivity index (χ0n) is 7.88. The lowest BCUT2D eigenvalue weighted by atomic mass is 10.3.